The second-order valence-electron chi connectivity index (χ2n) is 6.53. The number of alkyl carbamates (subject to hydrolysis) is 1. The molecule has 0 aromatic rings. The number of ether oxygens (including phenoxy) is 1. The van der Waals surface area contributed by atoms with Gasteiger partial charge >= 0.3 is 6.09 Å². The number of unbranched alkanes of at least 4 members (excludes halogenated alkanes) is 1. The van der Waals surface area contributed by atoms with Crippen LogP contribution in [0.3, 0.4) is 0 Å². The molecule has 19 heavy (non-hydrogen) atoms. The Hall–Kier alpha value is -1.06. The van der Waals surface area contributed by atoms with Gasteiger partial charge in [-0.2, -0.15) is 0 Å². The molecule has 0 spiro atoms. The van der Waals surface area contributed by atoms with Crippen LogP contribution in [0.15, 0.2) is 0 Å². The molecule has 1 fully saturated rings. The summed E-state index contributed by atoms with van der Waals surface area (Å²) in [7, 11) is 0. The van der Waals surface area contributed by atoms with E-state index < -0.39 is 5.60 Å². The third kappa shape index (κ3) is 6.08. The van der Waals surface area contributed by atoms with Crippen LogP contribution in [-0.4, -0.2) is 23.5 Å². The molecule has 1 aliphatic rings. The molecule has 110 valence electrons. The predicted molar refractivity (Wildman–Crippen MR) is 75.1 cm³/mol. The lowest BCUT2D eigenvalue weighted by Gasteiger charge is -2.38. The summed E-state index contributed by atoms with van der Waals surface area (Å²) in [6.07, 6.45) is 8.36. The van der Waals surface area contributed by atoms with Crippen molar-refractivity contribution >= 4 is 12.4 Å². The van der Waals surface area contributed by atoms with Crippen LogP contribution in [-0.2, 0) is 9.53 Å². The van der Waals surface area contributed by atoms with Crippen LogP contribution in [0.1, 0.15) is 72.1 Å². The normalized spacial score (nSPS) is 18.7. The topological polar surface area (TPSA) is 55.4 Å². The van der Waals surface area contributed by atoms with Crippen LogP contribution >= 0.6 is 0 Å². The van der Waals surface area contributed by atoms with Crippen molar-refractivity contribution in [2.24, 2.45) is 0 Å². The van der Waals surface area contributed by atoms with Crippen LogP contribution in [0.2, 0.25) is 0 Å². The zero-order chi connectivity index (χ0) is 14.4. The highest BCUT2D eigenvalue weighted by Crippen LogP contribution is 2.32. The highest BCUT2D eigenvalue weighted by molar-refractivity contribution is 5.68. The number of carbonyl (C=O) groups is 2. The van der Waals surface area contributed by atoms with Crippen molar-refractivity contribution in [3.8, 4) is 0 Å². The maximum absolute atomic E-state index is 12.0. The zero-order valence-electron chi connectivity index (χ0n) is 12.5. The Morgan fingerprint density at radius 2 is 1.89 bits per heavy atom. The highest BCUT2D eigenvalue weighted by Gasteiger charge is 2.34. The first-order valence-corrected chi connectivity index (χ1v) is 7.32. The van der Waals surface area contributed by atoms with Gasteiger partial charge in [0.25, 0.3) is 0 Å². The fourth-order valence-corrected chi connectivity index (χ4v) is 2.71. The monoisotopic (exact) mass is 269 g/mol. The first kappa shape index (κ1) is 16.0. The van der Waals surface area contributed by atoms with Crippen LogP contribution < -0.4 is 5.32 Å². The number of hydrogen-bond acceptors (Lipinski definition) is 3. The summed E-state index contributed by atoms with van der Waals surface area (Å²) in [6.45, 7) is 5.60. The lowest BCUT2D eigenvalue weighted by atomic mass is 9.78. The molecule has 1 N–H and O–H groups in total. The van der Waals surface area contributed by atoms with Crippen molar-refractivity contribution in [2.75, 3.05) is 0 Å². The Morgan fingerprint density at radius 3 is 2.42 bits per heavy atom. The molecule has 0 atom stereocenters. The average molecular weight is 269 g/mol. The van der Waals surface area contributed by atoms with Crippen molar-refractivity contribution in [1.82, 2.24) is 5.32 Å². The van der Waals surface area contributed by atoms with Gasteiger partial charge in [0.15, 0.2) is 0 Å². The van der Waals surface area contributed by atoms with E-state index in [1.165, 1.54) is 6.42 Å². The Labute approximate surface area is 116 Å². The molecule has 1 aliphatic carbocycles. The van der Waals surface area contributed by atoms with Gasteiger partial charge in [0.2, 0.25) is 0 Å². The predicted octanol–water partition coefficient (Wildman–Crippen LogP) is 3.58. The number of amides is 1. The van der Waals surface area contributed by atoms with Gasteiger partial charge in [0.05, 0.1) is 0 Å². The molecular formula is C15H27NO3. The molecule has 0 radical (unpaired) electrons. The molecule has 0 aliphatic heterocycles. The number of aldehydes is 1. The van der Waals surface area contributed by atoms with E-state index in [0.717, 1.165) is 44.8 Å². The van der Waals surface area contributed by atoms with E-state index in [2.05, 4.69) is 5.32 Å². The first-order chi connectivity index (χ1) is 8.87. The number of rotatable bonds is 5. The van der Waals surface area contributed by atoms with Crippen LogP contribution in [0.5, 0.6) is 0 Å². The molecule has 4 heteroatoms. The van der Waals surface area contributed by atoms with E-state index in [0.29, 0.717) is 6.42 Å². The van der Waals surface area contributed by atoms with Crippen molar-refractivity contribution in [3.63, 3.8) is 0 Å². The largest absolute Gasteiger partial charge is 0.444 e. The fourth-order valence-electron chi connectivity index (χ4n) is 2.71. The van der Waals surface area contributed by atoms with Gasteiger partial charge in [0.1, 0.15) is 11.9 Å². The third-order valence-corrected chi connectivity index (χ3v) is 3.55. The van der Waals surface area contributed by atoms with Crippen molar-refractivity contribution < 1.29 is 14.3 Å². The minimum atomic E-state index is -0.470. The molecule has 4 nitrogen and oxygen atoms in total. The Kier molecular flexibility index (Phi) is 5.83. The number of hydrogen-bond donors (Lipinski definition) is 1. The summed E-state index contributed by atoms with van der Waals surface area (Å²) >= 11 is 0. The summed E-state index contributed by atoms with van der Waals surface area (Å²) < 4.78 is 5.35. The Morgan fingerprint density at radius 1 is 1.26 bits per heavy atom. The lowest BCUT2D eigenvalue weighted by molar-refractivity contribution is -0.108. The lowest BCUT2D eigenvalue weighted by Crippen LogP contribution is -2.51. The van der Waals surface area contributed by atoms with Gasteiger partial charge in [-0.15, -0.1) is 0 Å². The van der Waals surface area contributed by atoms with E-state index in [9.17, 15) is 9.59 Å². The van der Waals surface area contributed by atoms with Gasteiger partial charge in [-0.1, -0.05) is 19.3 Å². The van der Waals surface area contributed by atoms with Gasteiger partial charge in [-0.25, -0.2) is 4.79 Å². The van der Waals surface area contributed by atoms with E-state index in [-0.39, 0.29) is 11.6 Å². The van der Waals surface area contributed by atoms with E-state index in [1.54, 1.807) is 0 Å². The summed E-state index contributed by atoms with van der Waals surface area (Å²) in [5.41, 5.74) is -0.633. The summed E-state index contributed by atoms with van der Waals surface area (Å²) in [4.78, 5) is 22.4. The van der Waals surface area contributed by atoms with E-state index in [1.807, 2.05) is 20.8 Å². The van der Waals surface area contributed by atoms with Crippen LogP contribution in [0.4, 0.5) is 4.79 Å². The van der Waals surface area contributed by atoms with Crippen molar-refractivity contribution in [2.45, 2.75) is 83.3 Å². The molecule has 0 bridgehead atoms. The standard InChI is InChI=1S/C15H27NO3/c1-14(2,3)19-13(18)16-15(11-7-8-12-17)9-5-4-6-10-15/h12H,4-11H2,1-3H3,(H,16,18). The van der Waals surface area contributed by atoms with E-state index in [4.69, 9.17) is 4.74 Å². The summed E-state index contributed by atoms with van der Waals surface area (Å²) in [6, 6.07) is 0. The smallest absolute Gasteiger partial charge is 0.408 e. The molecule has 1 amide bonds. The average Bonchev–Trinajstić information content (AvgIpc) is 2.27. The first-order valence-electron chi connectivity index (χ1n) is 7.32. The number of nitrogens with one attached hydrogen (secondary N) is 1. The minimum absolute atomic E-state index is 0.163. The van der Waals surface area contributed by atoms with Gasteiger partial charge in [-0.05, 0) is 46.5 Å². The molecule has 1 rings (SSSR count). The molecular weight excluding hydrogens is 242 g/mol. The second-order valence-corrected chi connectivity index (χ2v) is 6.53. The minimum Gasteiger partial charge on any atom is -0.444 e. The van der Waals surface area contributed by atoms with Crippen LogP contribution in [0.25, 0.3) is 0 Å². The van der Waals surface area contributed by atoms with Gasteiger partial charge < -0.3 is 14.8 Å². The second kappa shape index (κ2) is 6.92. The molecule has 0 heterocycles. The summed E-state index contributed by atoms with van der Waals surface area (Å²) in [5.74, 6) is 0. The fraction of sp³-hybridized carbons (Fsp3) is 0.867. The van der Waals surface area contributed by atoms with Crippen LogP contribution in [0, 0.1) is 0 Å². The third-order valence-electron chi connectivity index (χ3n) is 3.55. The molecule has 0 unspecified atom stereocenters. The molecule has 0 aromatic carbocycles. The SMILES string of the molecule is CC(C)(C)OC(=O)NC1(CCCC=O)CCCCC1. The maximum Gasteiger partial charge on any atom is 0.408 e. The molecule has 0 saturated heterocycles. The Bertz CT molecular complexity index is 301. The summed E-state index contributed by atoms with van der Waals surface area (Å²) in [5, 5.41) is 3.07. The maximum atomic E-state index is 12.0. The quantitative estimate of drug-likeness (QED) is 0.613. The Balaban J connectivity index is 2.57. The zero-order valence-corrected chi connectivity index (χ0v) is 12.5. The van der Waals surface area contributed by atoms with Crippen molar-refractivity contribution in [1.29, 1.82) is 0 Å². The van der Waals surface area contributed by atoms with E-state index >= 15 is 0 Å². The van der Waals surface area contributed by atoms with Crippen molar-refractivity contribution in [3.05, 3.63) is 0 Å². The molecule has 0 aromatic heterocycles. The van der Waals surface area contributed by atoms with Gasteiger partial charge in [0, 0.05) is 12.0 Å². The van der Waals surface area contributed by atoms with Gasteiger partial charge in [-0.3, -0.25) is 0 Å². The highest BCUT2D eigenvalue weighted by atomic mass is 16.6. The number of carbonyl (C=O) groups excluding carboxylic acids is 2. The molecule has 1 saturated carbocycles.